The maximum absolute atomic E-state index is 11.1. The summed E-state index contributed by atoms with van der Waals surface area (Å²) in [7, 11) is 0. The van der Waals surface area contributed by atoms with Gasteiger partial charge in [-0.15, -0.1) is 0 Å². The van der Waals surface area contributed by atoms with Crippen LogP contribution < -0.4 is 5.56 Å². The van der Waals surface area contributed by atoms with E-state index in [0.29, 0.717) is 18.7 Å². The predicted octanol–water partition coefficient (Wildman–Crippen LogP) is 2.03. The summed E-state index contributed by atoms with van der Waals surface area (Å²) in [6.07, 6.45) is 2.48. The number of aryl methyl sites for hydroxylation is 3. The Labute approximate surface area is 151 Å². The van der Waals surface area contributed by atoms with Gasteiger partial charge in [0.25, 0.3) is 5.56 Å². The third-order valence-corrected chi connectivity index (χ3v) is 4.19. The van der Waals surface area contributed by atoms with Crippen LogP contribution in [0.5, 0.6) is 0 Å². The molecule has 3 rings (SSSR count). The monoisotopic (exact) mass is 353 g/mol. The second-order valence-corrected chi connectivity index (χ2v) is 6.19. The van der Waals surface area contributed by atoms with Crippen LogP contribution >= 0.6 is 0 Å². The van der Waals surface area contributed by atoms with E-state index in [1.165, 1.54) is 6.07 Å². The molecule has 0 aliphatic carbocycles. The van der Waals surface area contributed by atoms with Gasteiger partial charge in [0.2, 0.25) is 0 Å². The van der Waals surface area contributed by atoms with Gasteiger partial charge in [-0.3, -0.25) is 4.79 Å². The van der Waals surface area contributed by atoms with E-state index in [4.69, 9.17) is 0 Å². The van der Waals surface area contributed by atoms with E-state index in [1.54, 1.807) is 6.07 Å². The molecule has 7 nitrogen and oxygen atoms in total. The molecule has 7 heteroatoms. The van der Waals surface area contributed by atoms with Crippen molar-refractivity contribution >= 4 is 0 Å². The van der Waals surface area contributed by atoms with Crippen LogP contribution in [0.25, 0.3) is 0 Å². The first-order valence-corrected chi connectivity index (χ1v) is 8.88. The summed E-state index contributed by atoms with van der Waals surface area (Å²) in [4.78, 5) is 15.7. The lowest BCUT2D eigenvalue weighted by Gasteiger charge is -2.06. The van der Waals surface area contributed by atoms with Crippen molar-refractivity contribution in [3.8, 4) is 0 Å². The van der Waals surface area contributed by atoms with Crippen LogP contribution in [0.1, 0.15) is 48.8 Å². The largest absolute Gasteiger partial charge is 0.380 e. The molecule has 0 fully saturated rings. The van der Waals surface area contributed by atoms with Crippen LogP contribution in [0.2, 0.25) is 0 Å². The van der Waals surface area contributed by atoms with Crippen LogP contribution in [0.15, 0.2) is 47.3 Å². The van der Waals surface area contributed by atoms with Gasteiger partial charge in [0, 0.05) is 19.0 Å². The fraction of sp³-hybridized carbons (Fsp3) is 0.368. The van der Waals surface area contributed by atoms with Crippen LogP contribution in [-0.2, 0) is 19.4 Å². The minimum atomic E-state index is -0.843. The first kappa shape index (κ1) is 18.0. The molecule has 136 valence electrons. The zero-order valence-electron chi connectivity index (χ0n) is 14.8. The van der Waals surface area contributed by atoms with Crippen LogP contribution in [0.3, 0.4) is 0 Å². The number of unbranched alkanes of at least 4 members (excludes halogenated alkanes) is 1. The molecule has 1 aromatic carbocycles. The average Bonchev–Trinajstić information content (AvgIpc) is 3.09. The van der Waals surface area contributed by atoms with E-state index in [2.05, 4.69) is 27.2 Å². The third-order valence-electron chi connectivity index (χ3n) is 4.19. The lowest BCUT2D eigenvalue weighted by molar-refractivity contribution is 0.209. The summed E-state index contributed by atoms with van der Waals surface area (Å²) >= 11 is 0. The summed E-state index contributed by atoms with van der Waals surface area (Å²) in [5.74, 6) is 1.23. The van der Waals surface area contributed by atoms with Crippen molar-refractivity contribution in [1.29, 1.82) is 0 Å². The zero-order valence-corrected chi connectivity index (χ0v) is 14.8. The topological polar surface area (TPSA) is 96.7 Å². The molecule has 0 amide bonds. The lowest BCUT2D eigenvalue weighted by Crippen LogP contribution is -2.10. The van der Waals surface area contributed by atoms with E-state index in [-0.39, 0.29) is 5.56 Å². The van der Waals surface area contributed by atoms with Gasteiger partial charge in [0.05, 0.1) is 5.69 Å². The molecule has 0 radical (unpaired) electrons. The number of H-pyrrole nitrogens is 1. The number of rotatable bonds is 8. The Morgan fingerprint density at radius 2 is 1.96 bits per heavy atom. The summed E-state index contributed by atoms with van der Waals surface area (Å²) in [5.41, 5.74) is 1.35. The molecule has 2 aromatic heterocycles. The molecular formula is C19H23N5O2. The number of aliphatic hydroxyl groups excluding tert-OH is 1. The highest BCUT2D eigenvalue weighted by molar-refractivity contribution is 5.22. The van der Waals surface area contributed by atoms with Gasteiger partial charge in [-0.2, -0.15) is 10.2 Å². The number of hydrogen-bond donors (Lipinski definition) is 2. The molecule has 0 aliphatic rings. The van der Waals surface area contributed by atoms with Crippen LogP contribution in [0, 0.1) is 0 Å². The van der Waals surface area contributed by atoms with E-state index in [0.717, 1.165) is 36.5 Å². The molecule has 0 spiro atoms. The number of aliphatic hydroxyl groups is 1. The Balaban J connectivity index is 1.79. The SMILES string of the molecule is CCCCn1nc(C(O)c2ccccc2)nc1CCc1ccc(=O)[nH]n1. The molecule has 0 saturated heterocycles. The van der Waals surface area contributed by atoms with Crippen molar-refractivity contribution < 1.29 is 5.11 Å². The zero-order chi connectivity index (χ0) is 18.4. The highest BCUT2D eigenvalue weighted by Gasteiger charge is 2.18. The Morgan fingerprint density at radius 3 is 2.65 bits per heavy atom. The van der Waals surface area contributed by atoms with Gasteiger partial charge >= 0.3 is 0 Å². The number of benzene rings is 1. The van der Waals surface area contributed by atoms with Gasteiger partial charge in [0.1, 0.15) is 11.9 Å². The molecule has 0 saturated carbocycles. The Bertz CT molecular complexity index is 868. The number of nitrogens with one attached hydrogen (secondary N) is 1. The number of hydrogen-bond acceptors (Lipinski definition) is 5. The quantitative estimate of drug-likeness (QED) is 0.646. The van der Waals surface area contributed by atoms with Crippen molar-refractivity contribution in [1.82, 2.24) is 25.0 Å². The van der Waals surface area contributed by atoms with Gasteiger partial charge < -0.3 is 5.11 Å². The standard InChI is InChI=1S/C19H23N5O2/c1-2-3-13-24-16(11-9-15-10-12-17(25)22-21-15)20-19(23-24)18(26)14-7-5-4-6-8-14/h4-8,10,12,18,26H,2-3,9,11,13H2,1H3,(H,22,25). The van der Waals surface area contributed by atoms with Crippen LogP contribution in [-0.4, -0.2) is 30.1 Å². The third kappa shape index (κ3) is 4.43. The second-order valence-electron chi connectivity index (χ2n) is 6.19. The van der Waals surface area contributed by atoms with E-state index in [9.17, 15) is 9.90 Å². The Hall–Kier alpha value is -2.80. The lowest BCUT2D eigenvalue weighted by atomic mass is 10.1. The van der Waals surface area contributed by atoms with Gasteiger partial charge in [-0.05, 0) is 24.5 Å². The summed E-state index contributed by atoms with van der Waals surface area (Å²) < 4.78 is 1.87. The smallest absolute Gasteiger partial charge is 0.264 e. The number of nitrogens with zero attached hydrogens (tertiary/aromatic N) is 4. The molecule has 1 unspecified atom stereocenters. The fourth-order valence-corrected chi connectivity index (χ4v) is 2.72. The van der Waals surface area contributed by atoms with E-state index < -0.39 is 6.10 Å². The molecular weight excluding hydrogens is 330 g/mol. The fourth-order valence-electron chi connectivity index (χ4n) is 2.72. The van der Waals surface area contributed by atoms with E-state index in [1.807, 2.05) is 35.0 Å². The molecule has 26 heavy (non-hydrogen) atoms. The highest BCUT2D eigenvalue weighted by atomic mass is 16.3. The second kappa shape index (κ2) is 8.53. The van der Waals surface area contributed by atoms with Crippen molar-refractivity contribution in [2.24, 2.45) is 0 Å². The molecule has 2 heterocycles. The van der Waals surface area contributed by atoms with Crippen molar-refractivity contribution in [2.75, 3.05) is 0 Å². The van der Waals surface area contributed by atoms with Gasteiger partial charge in [-0.1, -0.05) is 43.7 Å². The normalized spacial score (nSPS) is 12.2. The maximum atomic E-state index is 11.1. The molecule has 0 aliphatic heterocycles. The molecule has 1 atom stereocenters. The first-order chi connectivity index (χ1) is 12.7. The highest BCUT2D eigenvalue weighted by Crippen LogP contribution is 2.19. The van der Waals surface area contributed by atoms with Crippen molar-refractivity contribution in [2.45, 2.75) is 45.3 Å². The van der Waals surface area contributed by atoms with Gasteiger partial charge in [0.15, 0.2) is 5.82 Å². The minimum absolute atomic E-state index is 0.215. The van der Waals surface area contributed by atoms with E-state index >= 15 is 0 Å². The Morgan fingerprint density at radius 1 is 1.15 bits per heavy atom. The first-order valence-electron chi connectivity index (χ1n) is 8.88. The van der Waals surface area contributed by atoms with Crippen molar-refractivity contribution in [3.63, 3.8) is 0 Å². The average molecular weight is 353 g/mol. The summed E-state index contributed by atoms with van der Waals surface area (Å²) in [6.45, 7) is 2.89. The number of aromatic nitrogens is 5. The number of aromatic amines is 1. The Kier molecular flexibility index (Phi) is 5.91. The summed E-state index contributed by atoms with van der Waals surface area (Å²) in [6, 6.07) is 12.6. The molecule has 3 aromatic rings. The molecule has 2 N–H and O–H groups in total. The van der Waals surface area contributed by atoms with Crippen molar-refractivity contribution in [3.05, 3.63) is 75.7 Å². The van der Waals surface area contributed by atoms with Gasteiger partial charge in [-0.25, -0.2) is 14.8 Å². The molecule has 0 bridgehead atoms. The predicted molar refractivity (Wildman–Crippen MR) is 97.7 cm³/mol. The maximum Gasteiger partial charge on any atom is 0.264 e. The minimum Gasteiger partial charge on any atom is -0.380 e. The summed E-state index contributed by atoms with van der Waals surface area (Å²) in [5, 5.41) is 21.6. The van der Waals surface area contributed by atoms with Crippen LogP contribution in [0.4, 0.5) is 0 Å².